The van der Waals surface area contributed by atoms with Gasteiger partial charge in [0.1, 0.15) is 5.82 Å². The SMILES string of the molecule is CNC(c1ccc(Cl)c(F)c1)c1ccc(OC)c(F)c1. The molecule has 2 nitrogen and oxygen atoms in total. The molecule has 0 saturated carbocycles. The van der Waals surface area contributed by atoms with Crippen LogP contribution in [0.4, 0.5) is 8.78 Å². The average Bonchev–Trinajstić information content (AvgIpc) is 2.44. The average molecular weight is 298 g/mol. The predicted molar refractivity (Wildman–Crippen MR) is 75.3 cm³/mol. The molecule has 0 fully saturated rings. The van der Waals surface area contributed by atoms with Crippen LogP contribution in [-0.2, 0) is 0 Å². The molecule has 0 bridgehead atoms. The Morgan fingerprint density at radius 1 is 1.05 bits per heavy atom. The lowest BCUT2D eigenvalue weighted by Crippen LogP contribution is -2.18. The Morgan fingerprint density at radius 2 is 1.65 bits per heavy atom. The van der Waals surface area contributed by atoms with Crippen LogP contribution in [0.1, 0.15) is 17.2 Å². The van der Waals surface area contributed by atoms with Gasteiger partial charge in [0, 0.05) is 0 Å². The van der Waals surface area contributed by atoms with E-state index in [-0.39, 0.29) is 16.8 Å². The Labute approximate surface area is 121 Å². The molecule has 1 unspecified atom stereocenters. The van der Waals surface area contributed by atoms with Crippen LogP contribution in [0.2, 0.25) is 5.02 Å². The van der Waals surface area contributed by atoms with Crippen molar-refractivity contribution in [3.63, 3.8) is 0 Å². The van der Waals surface area contributed by atoms with Gasteiger partial charge in [-0.15, -0.1) is 0 Å². The summed E-state index contributed by atoms with van der Waals surface area (Å²) in [6.07, 6.45) is 0. The Morgan fingerprint density at radius 3 is 2.15 bits per heavy atom. The third kappa shape index (κ3) is 2.92. The second-order valence-electron chi connectivity index (χ2n) is 4.29. The van der Waals surface area contributed by atoms with E-state index in [0.717, 1.165) is 0 Å². The van der Waals surface area contributed by atoms with Crippen molar-refractivity contribution in [1.82, 2.24) is 5.32 Å². The van der Waals surface area contributed by atoms with Crippen LogP contribution in [0, 0.1) is 11.6 Å². The minimum Gasteiger partial charge on any atom is -0.494 e. The summed E-state index contributed by atoms with van der Waals surface area (Å²) in [4.78, 5) is 0. The largest absolute Gasteiger partial charge is 0.494 e. The van der Waals surface area contributed by atoms with Crippen LogP contribution in [-0.4, -0.2) is 14.2 Å². The van der Waals surface area contributed by atoms with E-state index in [1.165, 1.54) is 25.3 Å². The lowest BCUT2D eigenvalue weighted by molar-refractivity contribution is 0.386. The Hall–Kier alpha value is -1.65. The van der Waals surface area contributed by atoms with Crippen LogP contribution in [0.5, 0.6) is 5.75 Å². The summed E-state index contributed by atoms with van der Waals surface area (Å²) in [6, 6.07) is 8.84. The first kappa shape index (κ1) is 14.8. The lowest BCUT2D eigenvalue weighted by Gasteiger charge is -2.18. The quantitative estimate of drug-likeness (QED) is 0.923. The van der Waals surface area contributed by atoms with E-state index in [1.54, 1.807) is 25.2 Å². The molecular weight excluding hydrogens is 284 g/mol. The first-order valence-corrected chi connectivity index (χ1v) is 6.40. The molecule has 0 aromatic heterocycles. The van der Waals surface area contributed by atoms with Crippen LogP contribution in [0.25, 0.3) is 0 Å². The summed E-state index contributed by atoms with van der Waals surface area (Å²) >= 11 is 5.67. The van der Waals surface area contributed by atoms with Crippen molar-refractivity contribution in [1.29, 1.82) is 0 Å². The zero-order valence-electron chi connectivity index (χ0n) is 11.1. The Bertz CT molecular complexity index is 619. The highest BCUT2D eigenvalue weighted by Gasteiger charge is 2.15. The van der Waals surface area contributed by atoms with E-state index >= 15 is 0 Å². The van der Waals surface area contributed by atoms with E-state index in [9.17, 15) is 8.78 Å². The molecule has 2 aromatic rings. The van der Waals surface area contributed by atoms with Gasteiger partial charge in [-0.1, -0.05) is 23.7 Å². The number of halogens is 3. The Kier molecular flexibility index (Phi) is 4.57. The fourth-order valence-electron chi connectivity index (χ4n) is 2.08. The molecule has 0 aliphatic heterocycles. The standard InChI is InChI=1S/C15H14ClF2NO/c1-19-15(9-3-5-11(16)12(17)7-9)10-4-6-14(20-2)13(18)8-10/h3-8,15,19H,1-2H3. The van der Waals surface area contributed by atoms with Crippen molar-refractivity contribution < 1.29 is 13.5 Å². The summed E-state index contributed by atoms with van der Waals surface area (Å²) in [7, 11) is 3.13. The number of rotatable bonds is 4. The first-order valence-electron chi connectivity index (χ1n) is 6.02. The van der Waals surface area contributed by atoms with Crippen molar-refractivity contribution in [2.75, 3.05) is 14.2 Å². The predicted octanol–water partition coefficient (Wildman–Crippen LogP) is 3.94. The van der Waals surface area contributed by atoms with Gasteiger partial charge in [-0.05, 0) is 42.4 Å². The second-order valence-corrected chi connectivity index (χ2v) is 4.70. The van der Waals surface area contributed by atoms with Gasteiger partial charge >= 0.3 is 0 Å². The van der Waals surface area contributed by atoms with Gasteiger partial charge in [-0.2, -0.15) is 0 Å². The number of hydrogen-bond acceptors (Lipinski definition) is 2. The molecule has 5 heteroatoms. The molecule has 2 rings (SSSR count). The first-order chi connectivity index (χ1) is 9.56. The van der Waals surface area contributed by atoms with Crippen LogP contribution >= 0.6 is 11.6 Å². The molecular formula is C15H14ClF2NO. The number of ether oxygens (including phenoxy) is 1. The van der Waals surface area contributed by atoms with E-state index in [4.69, 9.17) is 16.3 Å². The summed E-state index contributed by atoms with van der Waals surface area (Å²) in [5, 5.41) is 3.09. The lowest BCUT2D eigenvalue weighted by atomic mass is 9.98. The highest BCUT2D eigenvalue weighted by atomic mass is 35.5. The molecule has 20 heavy (non-hydrogen) atoms. The molecule has 0 amide bonds. The van der Waals surface area contributed by atoms with E-state index in [2.05, 4.69) is 5.32 Å². The molecule has 106 valence electrons. The van der Waals surface area contributed by atoms with Crippen LogP contribution in [0.15, 0.2) is 36.4 Å². The van der Waals surface area contributed by atoms with Crippen LogP contribution < -0.4 is 10.1 Å². The highest BCUT2D eigenvalue weighted by molar-refractivity contribution is 6.30. The van der Waals surface area contributed by atoms with Crippen molar-refractivity contribution in [3.05, 3.63) is 64.2 Å². The van der Waals surface area contributed by atoms with E-state index < -0.39 is 11.6 Å². The fourth-order valence-corrected chi connectivity index (χ4v) is 2.20. The molecule has 0 aliphatic carbocycles. The maximum Gasteiger partial charge on any atom is 0.165 e. The third-order valence-electron chi connectivity index (χ3n) is 3.07. The summed E-state index contributed by atoms with van der Waals surface area (Å²) in [5.74, 6) is -0.788. The topological polar surface area (TPSA) is 21.3 Å². The molecule has 1 atom stereocenters. The highest BCUT2D eigenvalue weighted by Crippen LogP contribution is 2.28. The van der Waals surface area contributed by atoms with Crippen molar-refractivity contribution in [3.8, 4) is 5.75 Å². The maximum atomic E-state index is 13.8. The monoisotopic (exact) mass is 297 g/mol. The van der Waals surface area contributed by atoms with Gasteiger partial charge in [0.2, 0.25) is 0 Å². The Balaban J connectivity index is 2.41. The molecule has 1 N–H and O–H groups in total. The normalized spacial score (nSPS) is 12.2. The number of nitrogens with one attached hydrogen (secondary N) is 1. The zero-order valence-corrected chi connectivity index (χ0v) is 11.8. The smallest absolute Gasteiger partial charge is 0.165 e. The van der Waals surface area contributed by atoms with Crippen LogP contribution in [0.3, 0.4) is 0 Å². The van der Waals surface area contributed by atoms with Gasteiger partial charge in [-0.25, -0.2) is 8.78 Å². The summed E-state index contributed by atoms with van der Waals surface area (Å²) in [6.45, 7) is 0. The molecule has 2 aromatic carbocycles. The third-order valence-corrected chi connectivity index (χ3v) is 3.38. The minimum absolute atomic E-state index is 0.0597. The van der Waals surface area contributed by atoms with Gasteiger partial charge in [0.25, 0.3) is 0 Å². The number of benzene rings is 2. The number of methoxy groups -OCH3 is 1. The molecule has 0 radical (unpaired) electrons. The minimum atomic E-state index is -0.501. The van der Waals surface area contributed by atoms with Gasteiger partial charge in [0.05, 0.1) is 18.2 Å². The molecule has 0 spiro atoms. The van der Waals surface area contributed by atoms with Gasteiger partial charge in [-0.3, -0.25) is 0 Å². The molecule has 0 heterocycles. The fraction of sp³-hybridized carbons (Fsp3) is 0.200. The summed E-state index contributed by atoms with van der Waals surface area (Å²) in [5.41, 5.74) is 1.34. The van der Waals surface area contributed by atoms with Crippen molar-refractivity contribution in [2.45, 2.75) is 6.04 Å². The van der Waals surface area contributed by atoms with E-state index in [1.807, 2.05) is 0 Å². The van der Waals surface area contributed by atoms with Gasteiger partial charge < -0.3 is 10.1 Å². The molecule has 0 saturated heterocycles. The van der Waals surface area contributed by atoms with Gasteiger partial charge in [0.15, 0.2) is 11.6 Å². The van der Waals surface area contributed by atoms with Crippen molar-refractivity contribution in [2.24, 2.45) is 0 Å². The zero-order chi connectivity index (χ0) is 14.7. The second kappa shape index (κ2) is 6.20. The summed E-state index contributed by atoms with van der Waals surface area (Å²) < 4.78 is 32.2. The number of hydrogen-bond donors (Lipinski definition) is 1. The van der Waals surface area contributed by atoms with E-state index in [0.29, 0.717) is 11.1 Å². The van der Waals surface area contributed by atoms with Crippen molar-refractivity contribution >= 4 is 11.6 Å². The molecule has 0 aliphatic rings. The maximum absolute atomic E-state index is 13.8.